The third kappa shape index (κ3) is 1.70. The second-order valence-electron chi connectivity index (χ2n) is 3.88. The topological polar surface area (TPSA) is 59.3 Å². The Balaban J connectivity index is 3.10. The Morgan fingerprint density at radius 1 is 1.41 bits per heavy atom. The second-order valence-corrected chi connectivity index (χ2v) is 4.28. The summed E-state index contributed by atoms with van der Waals surface area (Å²) in [5.41, 5.74) is 0.722. The number of pyridine rings is 1. The van der Waals surface area contributed by atoms with Crippen LogP contribution in [0.4, 0.5) is 0 Å². The number of hydrogen-bond acceptors (Lipinski definition) is 2. The minimum atomic E-state index is -1.25. The molecule has 5 heteroatoms. The molecule has 88 valence electrons. The van der Waals surface area contributed by atoms with E-state index in [-0.39, 0.29) is 16.0 Å². The predicted octanol–water partition coefficient (Wildman–Crippen LogP) is 2.20. The molecule has 1 N–H and O–H groups in total. The summed E-state index contributed by atoms with van der Waals surface area (Å²) in [7, 11) is 1.69. The van der Waals surface area contributed by atoms with Gasteiger partial charge in [-0.25, -0.2) is 4.79 Å². The number of hydrogen-bond donors (Lipinski definition) is 1. The number of benzene rings is 1. The van der Waals surface area contributed by atoms with Crippen molar-refractivity contribution in [1.29, 1.82) is 0 Å². The van der Waals surface area contributed by atoms with Gasteiger partial charge in [-0.3, -0.25) is 4.79 Å². The van der Waals surface area contributed by atoms with Crippen LogP contribution in [-0.4, -0.2) is 15.6 Å². The van der Waals surface area contributed by atoms with E-state index in [4.69, 9.17) is 16.7 Å². The van der Waals surface area contributed by atoms with E-state index in [0.29, 0.717) is 5.52 Å². The zero-order chi connectivity index (χ0) is 12.7. The maximum Gasteiger partial charge on any atom is 0.341 e. The summed E-state index contributed by atoms with van der Waals surface area (Å²) in [6.07, 6.45) is 1.32. The molecule has 0 saturated carbocycles. The van der Waals surface area contributed by atoms with Gasteiger partial charge in [0.15, 0.2) is 0 Å². The monoisotopic (exact) mass is 251 g/mol. The van der Waals surface area contributed by atoms with Gasteiger partial charge >= 0.3 is 5.97 Å². The van der Waals surface area contributed by atoms with Crippen LogP contribution < -0.4 is 5.43 Å². The molecule has 0 unspecified atom stereocenters. The molecule has 0 saturated heterocycles. The van der Waals surface area contributed by atoms with E-state index in [2.05, 4.69) is 0 Å². The van der Waals surface area contributed by atoms with Crippen molar-refractivity contribution in [2.45, 2.75) is 6.92 Å². The highest BCUT2D eigenvalue weighted by atomic mass is 35.5. The SMILES string of the molecule is Cc1ccc(Cl)c2c(=O)c(C(=O)O)cn(C)c12. The molecule has 0 amide bonds. The maximum atomic E-state index is 12.0. The van der Waals surface area contributed by atoms with Crippen LogP contribution in [0.15, 0.2) is 23.1 Å². The summed E-state index contributed by atoms with van der Waals surface area (Å²) in [5, 5.41) is 9.48. The van der Waals surface area contributed by atoms with Crippen molar-refractivity contribution in [2.24, 2.45) is 7.05 Å². The van der Waals surface area contributed by atoms with E-state index in [1.807, 2.05) is 6.92 Å². The fourth-order valence-corrected chi connectivity index (χ4v) is 2.18. The first-order valence-electron chi connectivity index (χ1n) is 4.95. The molecule has 2 aromatic rings. The van der Waals surface area contributed by atoms with Crippen LogP contribution in [0.1, 0.15) is 15.9 Å². The number of carboxylic acid groups (broad SMARTS) is 1. The molecular formula is C12H10ClNO3. The van der Waals surface area contributed by atoms with E-state index in [1.165, 1.54) is 6.20 Å². The highest BCUT2D eigenvalue weighted by Gasteiger charge is 2.16. The van der Waals surface area contributed by atoms with Gasteiger partial charge in [-0.2, -0.15) is 0 Å². The average molecular weight is 252 g/mol. The first kappa shape index (κ1) is 11.7. The minimum absolute atomic E-state index is 0.258. The Hall–Kier alpha value is -1.81. The standard InChI is InChI=1S/C12H10ClNO3/c1-6-3-4-8(13)9-10(6)14(2)5-7(11(9)15)12(16)17/h3-5H,1-2H3,(H,16,17). The lowest BCUT2D eigenvalue weighted by molar-refractivity contribution is 0.0695. The van der Waals surface area contributed by atoms with Crippen LogP contribution in [-0.2, 0) is 7.05 Å². The van der Waals surface area contributed by atoms with Gasteiger partial charge in [0, 0.05) is 13.2 Å². The lowest BCUT2D eigenvalue weighted by atomic mass is 10.1. The van der Waals surface area contributed by atoms with Crippen molar-refractivity contribution >= 4 is 28.5 Å². The average Bonchev–Trinajstić information content (AvgIpc) is 2.26. The molecular weight excluding hydrogens is 242 g/mol. The third-order valence-corrected chi connectivity index (χ3v) is 3.02. The number of fused-ring (bicyclic) bond motifs is 1. The van der Waals surface area contributed by atoms with Crippen molar-refractivity contribution in [3.05, 3.63) is 44.7 Å². The number of nitrogens with zero attached hydrogens (tertiary/aromatic N) is 1. The molecule has 0 aliphatic heterocycles. The molecule has 0 bridgehead atoms. The van der Waals surface area contributed by atoms with Crippen molar-refractivity contribution in [2.75, 3.05) is 0 Å². The number of aryl methyl sites for hydroxylation is 2. The molecule has 0 fully saturated rings. The van der Waals surface area contributed by atoms with Gasteiger partial charge in [-0.1, -0.05) is 17.7 Å². The zero-order valence-electron chi connectivity index (χ0n) is 9.32. The van der Waals surface area contributed by atoms with E-state index >= 15 is 0 Å². The van der Waals surface area contributed by atoms with Crippen LogP contribution in [0.2, 0.25) is 5.02 Å². The number of aromatic nitrogens is 1. The number of rotatable bonds is 1. The normalized spacial score (nSPS) is 10.8. The first-order valence-corrected chi connectivity index (χ1v) is 5.33. The molecule has 0 atom stereocenters. The zero-order valence-corrected chi connectivity index (χ0v) is 10.1. The van der Waals surface area contributed by atoms with Gasteiger partial charge in [0.05, 0.1) is 15.9 Å². The molecule has 17 heavy (non-hydrogen) atoms. The highest BCUT2D eigenvalue weighted by molar-refractivity contribution is 6.35. The van der Waals surface area contributed by atoms with Crippen LogP contribution in [0.5, 0.6) is 0 Å². The number of aromatic carboxylic acids is 1. The van der Waals surface area contributed by atoms with Crippen LogP contribution in [0, 0.1) is 6.92 Å². The van der Waals surface area contributed by atoms with Gasteiger partial charge in [-0.05, 0) is 18.6 Å². The summed E-state index contributed by atoms with van der Waals surface area (Å²) in [5.74, 6) is -1.25. The Labute approximate surface area is 102 Å². The first-order chi connectivity index (χ1) is 7.93. The fraction of sp³-hybridized carbons (Fsp3) is 0.167. The smallest absolute Gasteiger partial charge is 0.341 e. The summed E-state index contributed by atoms with van der Waals surface area (Å²) in [4.78, 5) is 23.0. The van der Waals surface area contributed by atoms with Gasteiger partial charge in [-0.15, -0.1) is 0 Å². The fourth-order valence-electron chi connectivity index (χ4n) is 1.95. The molecule has 1 aromatic heterocycles. The van der Waals surface area contributed by atoms with E-state index in [0.717, 1.165) is 5.56 Å². The van der Waals surface area contributed by atoms with Gasteiger partial charge in [0.25, 0.3) is 0 Å². The molecule has 1 heterocycles. The number of halogens is 1. The summed E-state index contributed by atoms with van der Waals surface area (Å²) < 4.78 is 1.61. The highest BCUT2D eigenvalue weighted by Crippen LogP contribution is 2.23. The lowest BCUT2D eigenvalue weighted by Crippen LogP contribution is -2.18. The van der Waals surface area contributed by atoms with Gasteiger partial charge < -0.3 is 9.67 Å². The van der Waals surface area contributed by atoms with Crippen molar-refractivity contribution in [1.82, 2.24) is 4.57 Å². The molecule has 0 spiro atoms. The largest absolute Gasteiger partial charge is 0.477 e. The van der Waals surface area contributed by atoms with Gasteiger partial charge in [0.1, 0.15) is 5.56 Å². The number of carboxylic acids is 1. The van der Waals surface area contributed by atoms with Crippen LogP contribution in [0.3, 0.4) is 0 Å². The van der Waals surface area contributed by atoms with Crippen molar-refractivity contribution < 1.29 is 9.90 Å². The molecule has 0 radical (unpaired) electrons. The number of carbonyl (C=O) groups is 1. The molecule has 4 nitrogen and oxygen atoms in total. The third-order valence-electron chi connectivity index (χ3n) is 2.71. The van der Waals surface area contributed by atoms with E-state index in [1.54, 1.807) is 23.7 Å². The second kappa shape index (κ2) is 3.89. The quantitative estimate of drug-likeness (QED) is 0.845. The Morgan fingerprint density at radius 2 is 2.06 bits per heavy atom. The summed E-state index contributed by atoms with van der Waals surface area (Å²) >= 11 is 5.98. The molecule has 1 aromatic carbocycles. The summed E-state index contributed by atoms with van der Waals surface area (Å²) in [6, 6.07) is 3.40. The minimum Gasteiger partial charge on any atom is -0.477 e. The van der Waals surface area contributed by atoms with E-state index in [9.17, 15) is 9.59 Å². The van der Waals surface area contributed by atoms with Crippen LogP contribution in [0.25, 0.3) is 10.9 Å². The van der Waals surface area contributed by atoms with Gasteiger partial charge in [0.2, 0.25) is 5.43 Å². The van der Waals surface area contributed by atoms with Crippen LogP contribution >= 0.6 is 11.6 Å². The Bertz CT molecular complexity index is 688. The summed E-state index contributed by atoms with van der Waals surface area (Å²) in [6.45, 7) is 1.85. The Morgan fingerprint density at radius 3 is 2.65 bits per heavy atom. The lowest BCUT2D eigenvalue weighted by Gasteiger charge is -2.10. The Kier molecular flexibility index (Phi) is 2.67. The predicted molar refractivity (Wildman–Crippen MR) is 65.9 cm³/mol. The molecule has 2 rings (SSSR count). The van der Waals surface area contributed by atoms with Crippen molar-refractivity contribution in [3.63, 3.8) is 0 Å². The molecule has 0 aliphatic carbocycles. The molecule has 0 aliphatic rings. The van der Waals surface area contributed by atoms with E-state index < -0.39 is 11.4 Å². The maximum absolute atomic E-state index is 12.0. The van der Waals surface area contributed by atoms with Crippen molar-refractivity contribution in [3.8, 4) is 0 Å².